The minimum atomic E-state index is -0.332. The summed E-state index contributed by atoms with van der Waals surface area (Å²) in [4.78, 5) is 50.7. The molecule has 2 saturated heterocycles. The van der Waals surface area contributed by atoms with Crippen LogP contribution in [0.1, 0.15) is 62.8 Å². The SMILES string of the molecule is CCOC(=O)N1CCN(C(=O)c2ccc(C)nc2C2CCN(C(=O)c3cc4c(C)nn(C)c4s3)CC2)CC1. The smallest absolute Gasteiger partial charge is 0.409 e. The molecule has 10 nitrogen and oxygen atoms in total. The molecule has 202 valence electrons. The van der Waals surface area contributed by atoms with Gasteiger partial charge >= 0.3 is 6.09 Å². The van der Waals surface area contributed by atoms with Crippen molar-refractivity contribution >= 4 is 39.5 Å². The summed E-state index contributed by atoms with van der Waals surface area (Å²) in [5.41, 5.74) is 3.24. The molecule has 0 atom stereocenters. The highest BCUT2D eigenvalue weighted by atomic mass is 32.1. The van der Waals surface area contributed by atoms with Crippen molar-refractivity contribution in [2.24, 2.45) is 7.05 Å². The van der Waals surface area contributed by atoms with Crippen LogP contribution in [-0.2, 0) is 11.8 Å². The second-order valence-electron chi connectivity index (χ2n) is 9.97. The number of pyridine rings is 1. The van der Waals surface area contributed by atoms with Gasteiger partial charge in [-0.25, -0.2) is 4.79 Å². The van der Waals surface area contributed by atoms with Gasteiger partial charge in [-0.05, 0) is 51.8 Å². The first-order valence-electron chi connectivity index (χ1n) is 13.2. The lowest BCUT2D eigenvalue weighted by atomic mass is 9.89. The van der Waals surface area contributed by atoms with Gasteiger partial charge in [-0.2, -0.15) is 5.10 Å². The number of ether oxygens (including phenoxy) is 1. The maximum Gasteiger partial charge on any atom is 0.409 e. The van der Waals surface area contributed by atoms with Gasteiger partial charge in [-0.15, -0.1) is 11.3 Å². The lowest BCUT2D eigenvalue weighted by Crippen LogP contribution is -2.51. The van der Waals surface area contributed by atoms with E-state index in [1.54, 1.807) is 16.7 Å². The molecule has 2 fully saturated rings. The first-order valence-corrected chi connectivity index (χ1v) is 14.0. The van der Waals surface area contributed by atoms with E-state index in [1.165, 1.54) is 11.3 Å². The summed E-state index contributed by atoms with van der Waals surface area (Å²) in [7, 11) is 1.90. The Hall–Kier alpha value is -3.47. The Morgan fingerprint density at radius 2 is 1.63 bits per heavy atom. The van der Waals surface area contributed by atoms with Crippen molar-refractivity contribution in [3.63, 3.8) is 0 Å². The predicted molar refractivity (Wildman–Crippen MR) is 145 cm³/mol. The minimum absolute atomic E-state index is 0.0521. The summed E-state index contributed by atoms with van der Waals surface area (Å²) in [6.07, 6.45) is 1.18. The Labute approximate surface area is 226 Å². The summed E-state index contributed by atoms with van der Waals surface area (Å²) in [6.45, 7) is 9.08. The van der Waals surface area contributed by atoms with Crippen LogP contribution in [-0.4, -0.2) is 93.2 Å². The predicted octanol–water partition coefficient (Wildman–Crippen LogP) is 3.58. The van der Waals surface area contributed by atoms with Crippen LogP contribution >= 0.6 is 11.3 Å². The number of hydrogen-bond acceptors (Lipinski definition) is 7. The molecule has 38 heavy (non-hydrogen) atoms. The van der Waals surface area contributed by atoms with Crippen molar-refractivity contribution < 1.29 is 19.1 Å². The molecular formula is C27H34N6O4S. The highest BCUT2D eigenvalue weighted by Gasteiger charge is 2.32. The molecular weight excluding hydrogens is 504 g/mol. The maximum atomic E-state index is 13.5. The molecule has 0 saturated carbocycles. The molecule has 2 aliphatic heterocycles. The quantitative estimate of drug-likeness (QED) is 0.503. The third-order valence-corrected chi connectivity index (χ3v) is 8.65. The summed E-state index contributed by atoms with van der Waals surface area (Å²) in [5.74, 6) is 0.105. The van der Waals surface area contributed by atoms with Crippen molar-refractivity contribution in [3.05, 3.63) is 45.7 Å². The van der Waals surface area contributed by atoms with Gasteiger partial charge in [0.15, 0.2) is 0 Å². The number of likely N-dealkylation sites (tertiary alicyclic amines) is 1. The second kappa shape index (κ2) is 10.7. The summed E-state index contributed by atoms with van der Waals surface area (Å²) in [6, 6.07) is 5.71. The number of carbonyl (C=O) groups is 3. The number of rotatable bonds is 4. The van der Waals surface area contributed by atoms with E-state index in [1.807, 2.05) is 48.7 Å². The number of thiophene rings is 1. The summed E-state index contributed by atoms with van der Waals surface area (Å²) < 4.78 is 6.92. The number of amides is 3. The summed E-state index contributed by atoms with van der Waals surface area (Å²) >= 11 is 1.49. The Bertz CT molecular complexity index is 1330. The van der Waals surface area contributed by atoms with Gasteiger partial charge in [0.25, 0.3) is 11.8 Å². The molecule has 0 spiro atoms. The molecule has 3 aromatic heterocycles. The van der Waals surface area contributed by atoms with Gasteiger partial charge in [-0.1, -0.05) is 0 Å². The van der Waals surface area contributed by atoms with E-state index in [2.05, 4.69) is 5.10 Å². The first-order chi connectivity index (χ1) is 18.3. The third kappa shape index (κ3) is 4.99. The average molecular weight is 539 g/mol. The molecule has 5 heterocycles. The number of piperazine rings is 1. The van der Waals surface area contributed by atoms with E-state index in [0.29, 0.717) is 51.4 Å². The topological polar surface area (TPSA) is 101 Å². The Balaban J connectivity index is 1.25. The fraction of sp³-hybridized carbons (Fsp3) is 0.519. The summed E-state index contributed by atoms with van der Waals surface area (Å²) in [5, 5.41) is 5.46. The monoisotopic (exact) mass is 538 g/mol. The van der Waals surface area contributed by atoms with Crippen molar-refractivity contribution in [2.45, 2.75) is 39.5 Å². The molecule has 3 aromatic rings. The van der Waals surface area contributed by atoms with Crippen LogP contribution < -0.4 is 0 Å². The van der Waals surface area contributed by atoms with Crippen LogP contribution in [0.15, 0.2) is 18.2 Å². The fourth-order valence-corrected chi connectivity index (χ4v) is 6.46. The highest BCUT2D eigenvalue weighted by molar-refractivity contribution is 7.20. The largest absolute Gasteiger partial charge is 0.450 e. The maximum absolute atomic E-state index is 13.5. The lowest BCUT2D eigenvalue weighted by molar-refractivity contribution is 0.0567. The van der Waals surface area contributed by atoms with Gasteiger partial charge in [-0.3, -0.25) is 19.3 Å². The molecule has 0 N–H and O–H groups in total. The zero-order valence-corrected chi connectivity index (χ0v) is 23.2. The Morgan fingerprint density at radius 3 is 2.29 bits per heavy atom. The van der Waals surface area contributed by atoms with Gasteiger partial charge in [0, 0.05) is 63.3 Å². The van der Waals surface area contributed by atoms with E-state index >= 15 is 0 Å². The number of hydrogen-bond donors (Lipinski definition) is 0. The zero-order chi connectivity index (χ0) is 27.0. The molecule has 0 aliphatic carbocycles. The Morgan fingerprint density at radius 1 is 0.974 bits per heavy atom. The molecule has 5 rings (SSSR count). The molecule has 0 unspecified atom stereocenters. The van der Waals surface area contributed by atoms with E-state index < -0.39 is 0 Å². The van der Waals surface area contributed by atoms with E-state index in [9.17, 15) is 14.4 Å². The number of carbonyl (C=O) groups excluding carboxylic acids is 3. The minimum Gasteiger partial charge on any atom is -0.450 e. The van der Waals surface area contributed by atoms with Crippen LogP contribution in [0.5, 0.6) is 0 Å². The average Bonchev–Trinajstić information content (AvgIpc) is 3.49. The van der Waals surface area contributed by atoms with E-state index in [0.717, 1.165) is 45.0 Å². The fourth-order valence-electron chi connectivity index (χ4n) is 5.37. The second-order valence-corrected chi connectivity index (χ2v) is 11.0. The van der Waals surface area contributed by atoms with Crippen LogP contribution in [0, 0.1) is 13.8 Å². The zero-order valence-electron chi connectivity index (χ0n) is 22.4. The number of piperidine rings is 1. The molecule has 0 bridgehead atoms. The molecule has 11 heteroatoms. The number of aryl methyl sites for hydroxylation is 3. The van der Waals surface area contributed by atoms with Crippen molar-refractivity contribution in [1.29, 1.82) is 0 Å². The van der Waals surface area contributed by atoms with E-state index in [-0.39, 0.29) is 23.8 Å². The number of fused-ring (bicyclic) bond motifs is 1. The normalized spacial score (nSPS) is 16.8. The van der Waals surface area contributed by atoms with Crippen LogP contribution in [0.4, 0.5) is 4.79 Å². The molecule has 2 aliphatic rings. The first kappa shape index (κ1) is 26.1. The van der Waals surface area contributed by atoms with Crippen LogP contribution in [0.25, 0.3) is 10.2 Å². The van der Waals surface area contributed by atoms with Gasteiger partial charge in [0.05, 0.1) is 28.4 Å². The van der Waals surface area contributed by atoms with Crippen molar-refractivity contribution in [3.8, 4) is 0 Å². The van der Waals surface area contributed by atoms with Gasteiger partial charge in [0.1, 0.15) is 4.83 Å². The van der Waals surface area contributed by atoms with Crippen LogP contribution in [0.3, 0.4) is 0 Å². The highest BCUT2D eigenvalue weighted by Crippen LogP contribution is 2.33. The lowest BCUT2D eigenvalue weighted by Gasteiger charge is -2.35. The van der Waals surface area contributed by atoms with Crippen LogP contribution in [0.2, 0.25) is 0 Å². The molecule has 0 aromatic carbocycles. The molecule has 0 radical (unpaired) electrons. The number of aromatic nitrogens is 3. The van der Waals surface area contributed by atoms with Crippen molar-refractivity contribution in [1.82, 2.24) is 29.5 Å². The number of nitrogens with zero attached hydrogens (tertiary/aromatic N) is 6. The van der Waals surface area contributed by atoms with E-state index in [4.69, 9.17) is 9.72 Å². The third-order valence-electron chi connectivity index (χ3n) is 7.46. The van der Waals surface area contributed by atoms with Crippen molar-refractivity contribution in [2.75, 3.05) is 45.9 Å². The van der Waals surface area contributed by atoms with Gasteiger partial charge in [0.2, 0.25) is 0 Å². The Kier molecular flexibility index (Phi) is 7.38. The molecule has 3 amide bonds. The van der Waals surface area contributed by atoms with Gasteiger partial charge < -0.3 is 19.4 Å². The standard InChI is InChI=1S/C27H34N6O4S/c1-5-37-27(36)33-14-12-32(13-15-33)24(34)20-7-6-17(2)28-23(20)19-8-10-31(11-9-19)25(35)22-16-21-18(3)29-30(4)26(21)38-22/h6-7,16,19H,5,8-15H2,1-4H3.